The van der Waals surface area contributed by atoms with Gasteiger partial charge in [0.2, 0.25) is 0 Å². The summed E-state index contributed by atoms with van der Waals surface area (Å²) in [5.41, 5.74) is 3.10. The van der Waals surface area contributed by atoms with E-state index < -0.39 is 0 Å². The van der Waals surface area contributed by atoms with Crippen LogP contribution in [0.2, 0.25) is 0 Å². The van der Waals surface area contributed by atoms with Crippen LogP contribution in [0.3, 0.4) is 0 Å². The lowest BCUT2D eigenvalue weighted by molar-refractivity contribution is 0.00578. The lowest BCUT2D eigenvalue weighted by Gasteiger charge is -2.32. The van der Waals surface area contributed by atoms with Crippen LogP contribution in [0.5, 0.6) is 0 Å². The molecular weight excluding hydrogens is 401 g/mol. The minimum absolute atomic E-state index is 0.361. The van der Waals surface area contributed by atoms with E-state index in [2.05, 4.69) is 43.0 Å². The molecule has 0 amide bonds. The van der Waals surface area contributed by atoms with E-state index >= 15 is 0 Å². The first kappa shape index (κ1) is 20.7. The highest BCUT2D eigenvalue weighted by atomic mass is 16.7. The Morgan fingerprint density at radius 3 is 2.28 bits per heavy atom. The molecule has 2 aromatic carbocycles. The normalized spacial score (nSPS) is 17.1. The molecule has 0 aliphatic carbocycles. The van der Waals surface area contributed by atoms with E-state index in [0.29, 0.717) is 5.82 Å². The maximum atomic E-state index is 6.14. The van der Waals surface area contributed by atoms with Crippen LogP contribution in [0.15, 0.2) is 60.9 Å². The van der Waals surface area contributed by atoms with Gasteiger partial charge in [-0.2, -0.15) is 0 Å². The van der Waals surface area contributed by atoms with Gasteiger partial charge in [-0.3, -0.25) is 9.55 Å². The first-order chi connectivity index (χ1) is 15.2. The van der Waals surface area contributed by atoms with Gasteiger partial charge in [-0.15, -0.1) is 0 Å². The van der Waals surface area contributed by atoms with Gasteiger partial charge in [0.1, 0.15) is 5.82 Å². The van der Waals surface area contributed by atoms with E-state index in [0.717, 1.165) is 33.8 Å². The molecule has 1 aliphatic heterocycles. The second-order valence-electron chi connectivity index (χ2n) is 9.08. The molecule has 1 fully saturated rings. The summed E-state index contributed by atoms with van der Waals surface area (Å²) < 4.78 is 14.3. The second-order valence-corrected chi connectivity index (χ2v) is 9.08. The summed E-state index contributed by atoms with van der Waals surface area (Å²) in [5.74, 6) is 2.24. The molecule has 0 bridgehead atoms. The van der Waals surface area contributed by atoms with Crippen LogP contribution >= 0.6 is 0 Å². The van der Waals surface area contributed by atoms with Crippen LogP contribution < -0.4 is 10.8 Å². The molecule has 0 radical (unpaired) electrons. The molecular formula is C24H26BN5O2. The SMILES string of the molecule is Cc1nc2ccccc2n1-c1cncc(Nc2ccc(B3OC(C)(C)C(C)(C)O3)cc2)n1. The highest BCUT2D eigenvalue weighted by molar-refractivity contribution is 6.62. The number of para-hydroxylation sites is 2. The van der Waals surface area contributed by atoms with Crippen LogP contribution in [0.4, 0.5) is 11.5 Å². The largest absolute Gasteiger partial charge is 0.494 e. The number of aryl methyl sites for hydroxylation is 1. The molecule has 2 aromatic heterocycles. The number of aromatic nitrogens is 4. The Labute approximate surface area is 188 Å². The van der Waals surface area contributed by atoms with Crippen LogP contribution in [-0.2, 0) is 9.31 Å². The summed E-state index contributed by atoms with van der Waals surface area (Å²) in [5, 5.41) is 3.34. The Hall–Kier alpha value is -3.23. The van der Waals surface area contributed by atoms with Crippen molar-refractivity contribution in [2.75, 3.05) is 5.32 Å². The number of nitrogens with one attached hydrogen (secondary N) is 1. The fourth-order valence-corrected chi connectivity index (χ4v) is 3.81. The molecule has 4 aromatic rings. The minimum atomic E-state index is -0.380. The molecule has 0 saturated carbocycles. The first-order valence-electron chi connectivity index (χ1n) is 10.7. The van der Waals surface area contributed by atoms with Gasteiger partial charge in [0, 0.05) is 5.69 Å². The van der Waals surface area contributed by atoms with Crippen molar-refractivity contribution >= 4 is 35.1 Å². The van der Waals surface area contributed by atoms with Crippen molar-refractivity contribution in [2.45, 2.75) is 45.8 Å². The Morgan fingerprint density at radius 1 is 0.875 bits per heavy atom. The molecule has 0 spiro atoms. The third kappa shape index (κ3) is 3.55. The van der Waals surface area contributed by atoms with Crippen LogP contribution in [0.25, 0.3) is 16.9 Å². The molecule has 0 unspecified atom stereocenters. The second kappa shape index (κ2) is 7.43. The lowest BCUT2D eigenvalue weighted by atomic mass is 9.79. The number of rotatable bonds is 4. The average Bonchev–Trinajstić information content (AvgIpc) is 3.20. The maximum absolute atomic E-state index is 6.14. The number of fused-ring (bicyclic) bond motifs is 1. The van der Waals surface area contributed by atoms with Gasteiger partial charge < -0.3 is 14.6 Å². The molecule has 162 valence electrons. The fourth-order valence-electron chi connectivity index (χ4n) is 3.81. The summed E-state index contributed by atoms with van der Waals surface area (Å²) >= 11 is 0. The molecule has 1 saturated heterocycles. The van der Waals surface area contributed by atoms with Gasteiger partial charge in [-0.1, -0.05) is 24.3 Å². The minimum Gasteiger partial charge on any atom is -0.399 e. The van der Waals surface area contributed by atoms with Crippen molar-refractivity contribution in [2.24, 2.45) is 0 Å². The Bertz CT molecular complexity index is 1270. The van der Waals surface area contributed by atoms with Crippen LogP contribution in [0, 0.1) is 6.92 Å². The Balaban J connectivity index is 1.37. The molecule has 1 N–H and O–H groups in total. The molecule has 1 aliphatic rings. The van der Waals surface area contributed by atoms with E-state index in [4.69, 9.17) is 14.3 Å². The topological polar surface area (TPSA) is 74.1 Å². The summed E-state index contributed by atoms with van der Waals surface area (Å²) in [6.45, 7) is 10.2. The smallest absolute Gasteiger partial charge is 0.399 e. The van der Waals surface area contributed by atoms with E-state index in [1.807, 2.05) is 60.0 Å². The molecule has 5 rings (SSSR count). The van der Waals surface area contributed by atoms with Crippen molar-refractivity contribution in [1.82, 2.24) is 19.5 Å². The quantitative estimate of drug-likeness (QED) is 0.493. The molecule has 3 heterocycles. The third-order valence-corrected chi connectivity index (χ3v) is 6.29. The predicted octanol–water partition coefficient (Wildman–Crippen LogP) is 4.17. The van der Waals surface area contributed by atoms with Crippen molar-refractivity contribution in [3.8, 4) is 5.82 Å². The highest BCUT2D eigenvalue weighted by Crippen LogP contribution is 2.36. The van der Waals surface area contributed by atoms with Crippen molar-refractivity contribution in [3.05, 3.63) is 66.7 Å². The van der Waals surface area contributed by atoms with Crippen molar-refractivity contribution < 1.29 is 9.31 Å². The Morgan fingerprint density at radius 2 is 1.56 bits per heavy atom. The first-order valence-corrected chi connectivity index (χ1v) is 10.7. The van der Waals surface area contributed by atoms with E-state index in [9.17, 15) is 0 Å². The predicted molar refractivity (Wildman–Crippen MR) is 127 cm³/mol. The molecule has 32 heavy (non-hydrogen) atoms. The standard InChI is InChI=1S/C24H26BN5O2/c1-16-27-19-8-6-7-9-20(19)30(16)22-15-26-14-21(29-22)28-18-12-10-17(11-13-18)25-31-23(2,3)24(4,5)32-25/h6-15H,1-5H3,(H,28,29). The number of nitrogens with zero attached hydrogens (tertiary/aromatic N) is 4. The zero-order valence-corrected chi connectivity index (χ0v) is 19.0. The average molecular weight is 427 g/mol. The summed E-state index contributed by atoms with van der Waals surface area (Å²) in [6.07, 6.45) is 3.45. The fraction of sp³-hybridized carbons (Fsp3) is 0.292. The van der Waals surface area contributed by atoms with E-state index in [-0.39, 0.29) is 18.3 Å². The number of benzene rings is 2. The van der Waals surface area contributed by atoms with Gasteiger partial charge >= 0.3 is 7.12 Å². The van der Waals surface area contributed by atoms with Crippen molar-refractivity contribution in [1.29, 1.82) is 0 Å². The van der Waals surface area contributed by atoms with E-state index in [1.54, 1.807) is 12.4 Å². The van der Waals surface area contributed by atoms with Gasteiger partial charge in [0.15, 0.2) is 11.6 Å². The summed E-state index contributed by atoms with van der Waals surface area (Å²) in [7, 11) is -0.380. The zero-order chi connectivity index (χ0) is 22.5. The molecule has 8 heteroatoms. The van der Waals surface area contributed by atoms with Gasteiger partial charge in [0.25, 0.3) is 0 Å². The lowest BCUT2D eigenvalue weighted by Crippen LogP contribution is -2.41. The summed E-state index contributed by atoms with van der Waals surface area (Å²) in [6, 6.07) is 16.0. The van der Waals surface area contributed by atoms with Crippen molar-refractivity contribution in [3.63, 3.8) is 0 Å². The number of hydrogen-bond donors (Lipinski definition) is 1. The zero-order valence-electron chi connectivity index (χ0n) is 19.0. The Kier molecular flexibility index (Phi) is 4.80. The third-order valence-electron chi connectivity index (χ3n) is 6.29. The molecule has 7 nitrogen and oxygen atoms in total. The van der Waals surface area contributed by atoms with E-state index in [1.165, 1.54) is 0 Å². The van der Waals surface area contributed by atoms with Gasteiger partial charge in [-0.25, -0.2) is 9.97 Å². The molecule has 0 atom stereocenters. The van der Waals surface area contributed by atoms with Crippen LogP contribution in [-0.4, -0.2) is 37.8 Å². The monoisotopic (exact) mass is 427 g/mol. The number of hydrogen-bond acceptors (Lipinski definition) is 6. The summed E-state index contributed by atoms with van der Waals surface area (Å²) in [4.78, 5) is 13.8. The van der Waals surface area contributed by atoms with Gasteiger partial charge in [0.05, 0.1) is 34.6 Å². The van der Waals surface area contributed by atoms with Gasteiger partial charge in [-0.05, 0) is 64.3 Å². The number of imidazole rings is 1. The maximum Gasteiger partial charge on any atom is 0.494 e. The highest BCUT2D eigenvalue weighted by Gasteiger charge is 2.51. The number of anilines is 2. The van der Waals surface area contributed by atoms with Crippen LogP contribution in [0.1, 0.15) is 33.5 Å².